The highest BCUT2D eigenvalue weighted by Crippen LogP contribution is 2.11. The van der Waals surface area contributed by atoms with E-state index in [9.17, 15) is 0 Å². The number of nitrogens with zero attached hydrogens (tertiary/aromatic N) is 2. The molecule has 0 bridgehead atoms. The molecule has 0 aliphatic heterocycles. The third kappa shape index (κ3) is 2.60. The molecule has 2 nitrogen and oxygen atoms in total. The predicted molar refractivity (Wildman–Crippen MR) is 48.6 cm³/mol. The van der Waals surface area contributed by atoms with Gasteiger partial charge in [-0.15, -0.1) is 11.3 Å². The van der Waals surface area contributed by atoms with E-state index >= 15 is 0 Å². The Labute approximate surface area is 71.9 Å². The Hall–Kier alpha value is -0.410. The summed E-state index contributed by atoms with van der Waals surface area (Å²) in [6.45, 7) is 2.95. The minimum absolute atomic E-state index is 0.943. The van der Waals surface area contributed by atoms with Crippen LogP contribution in [-0.2, 0) is 6.54 Å². The summed E-state index contributed by atoms with van der Waals surface area (Å²) in [4.78, 5) is 6.51. The number of thiazole rings is 1. The van der Waals surface area contributed by atoms with Crippen LogP contribution in [0.1, 0.15) is 17.6 Å². The van der Waals surface area contributed by atoms with Gasteiger partial charge in [-0.25, -0.2) is 4.98 Å². The van der Waals surface area contributed by atoms with E-state index in [1.54, 1.807) is 11.3 Å². The van der Waals surface area contributed by atoms with Crippen LogP contribution in [0.15, 0.2) is 5.38 Å². The molecule has 1 radical (unpaired) electrons. The van der Waals surface area contributed by atoms with E-state index in [0.717, 1.165) is 12.2 Å². The quantitative estimate of drug-likeness (QED) is 0.685. The van der Waals surface area contributed by atoms with Gasteiger partial charge in [-0.1, -0.05) is 6.92 Å². The van der Waals surface area contributed by atoms with E-state index in [0.29, 0.717) is 0 Å². The first-order valence-electron chi connectivity index (χ1n) is 3.61. The lowest BCUT2D eigenvalue weighted by atomic mass is 10.4. The third-order valence-electron chi connectivity index (χ3n) is 1.32. The van der Waals surface area contributed by atoms with Gasteiger partial charge < -0.3 is 4.90 Å². The van der Waals surface area contributed by atoms with Crippen molar-refractivity contribution in [3.05, 3.63) is 22.5 Å². The van der Waals surface area contributed by atoms with Crippen molar-refractivity contribution >= 4 is 11.3 Å². The van der Waals surface area contributed by atoms with Crippen molar-refractivity contribution in [2.75, 3.05) is 14.1 Å². The average Bonchev–Trinajstić information content (AvgIpc) is 2.34. The Kier molecular flexibility index (Phi) is 3.02. The van der Waals surface area contributed by atoms with Crippen LogP contribution >= 0.6 is 11.3 Å². The molecule has 0 amide bonds. The minimum atomic E-state index is 0.943. The van der Waals surface area contributed by atoms with Gasteiger partial charge in [0.15, 0.2) is 0 Å². The Morgan fingerprint density at radius 3 is 2.82 bits per heavy atom. The van der Waals surface area contributed by atoms with Crippen molar-refractivity contribution in [1.29, 1.82) is 0 Å². The molecule has 1 aromatic heterocycles. The standard InChI is InChI=1S/C8H13N2S/c1-4-7-6-11-8(9-7)5-10(2)3/h4,6H,5H2,1-3H3. The average molecular weight is 169 g/mol. The van der Waals surface area contributed by atoms with Crippen LogP contribution in [0.2, 0.25) is 0 Å². The van der Waals surface area contributed by atoms with Gasteiger partial charge in [0.1, 0.15) is 5.01 Å². The number of rotatable bonds is 3. The van der Waals surface area contributed by atoms with Crippen molar-refractivity contribution in [3.8, 4) is 0 Å². The first-order valence-corrected chi connectivity index (χ1v) is 4.49. The molecular weight excluding hydrogens is 156 g/mol. The maximum Gasteiger partial charge on any atom is 0.107 e. The maximum absolute atomic E-state index is 4.39. The highest BCUT2D eigenvalue weighted by Gasteiger charge is 2.00. The van der Waals surface area contributed by atoms with Gasteiger partial charge in [0, 0.05) is 18.3 Å². The summed E-state index contributed by atoms with van der Waals surface area (Å²) < 4.78 is 0. The third-order valence-corrected chi connectivity index (χ3v) is 2.17. The van der Waals surface area contributed by atoms with Crippen molar-refractivity contribution in [3.63, 3.8) is 0 Å². The molecule has 1 heterocycles. The fourth-order valence-corrected chi connectivity index (χ4v) is 1.74. The summed E-state index contributed by atoms with van der Waals surface area (Å²) in [6, 6.07) is 0. The summed E-state index contributed by atoms with van der Waals surface area (Å²) >= 11 is 1.72. The molecule has 11 heavy (non-hydrogen) atoms. The molecular formula is C8H13N2S. The highest BCUT2D eigenvalue weighted by atomic mass is 32.1. The molecule has 61 valence electrons. The molecule has 0 saturated heterocycles. The topological polar surface area (TPSA) is 16.1 Å². The monoisotopic (exact) mass is 169 g/mol. The molecule has 0 saturated carbocycles. The Morgan fingerprint density at radius 1 is 1.64 bits per heavy atom. The molecule has 0 aliphatic rings. The van der Waals surface area contributed by atoms with E-state index < -0.39 is 0 Å². The van der Waals surface area contributed by atoms with Gasteiger partial charge in [0.25, 0.3) is 0 Å². The molecule has 0 N–H and O–H groups in total. The van der Waals surface area contributed by atoms with Crippen molar-refractivity contribution < 1.29 is 0 Å². The molecule has 0 aliphatic carbocycles. The van der Waals surface area contributed by atoms with E-state index in [2.05, 4.69) is 29.4 Å². The first kappa shape index (κ1) is 8.68. The van der Waals surface area contributed by atoms with E-state index in [1.165, 1.54) is 5.01 Å². The van der Waals surface area contributed by atoms with Crippen LogP contribution in [0.25, 0.3) is 0 Å². The summed E-state index contributed by atoms with van der Waals surface area (Å²) in [5.41, 5.74) is 1.09. The summed E-state index contributed by atoms with van der Waals surface area (Å²) in [7, 11) is 4.10. The molecule has 3 heteroatoms. The fraction of sp³-hybridized carbons (Fsp3) is 0.500. The highest BCUT2D eigenvalue weighted by molar-refractivity contribution is 7.09. The second-order valence-corrected chi connectivity index (χ2v) is 3.64. The summed E-state index contributed by atoms with van der Waals surface area (Å²) in [5, 5.41) is 3.27. The molecule has 0 unspecified atom stereocenters. The molecule has 0 atom stereocenters. The summed E-state index contributed by atoms with van der Waals surface area (Å²) in [6.07, 6.45) is 2.02. The van der Waals surface area contributed by atoms with Crippen molar-refractivity contribution in [2.24, 2.45) is 0 Å². The van der Waals surface area contributed by atoms with Gasteiger partial charge in [0.05, 0.1) is 5.69 Å². The van der Waals surface area contributed by atoms with Crippen LogP contribution in [-0.4, -0.2) is 24.0 Å². The van der Waals surface area contributed by atoms with E-state index in [4.69, 9.17) is 0 Å². The largest absolute Gasteiger partial charge is 0.303 e. The SMILES string of the molecule is C[CH]c1csc(CN(C)C)n1. The van der Waals surface area contributed by atoms with Gasteiger partial charge >= 0.3 is 0 Å². The van der Waals surface area contributed by atoms with E-state index in [1.807, 2.05) is 13.3 Å². The number of hydrogen-bond donors (Lipinski definition) is 0. The second kappa shape index (κ2) is 3.83. The minimum Gasteiger partial charge on any atom is -0.303 e. The lowest BCUT2D eigenvalue weighted by Gasteiger charge is -2.04. The zero-order chi connectivity index (χ0) is 8.27. The molecule has 0 aromatic carbocycles. The molecule has 0 spiro atoms. The molecule has 1 aromatic rings. The van der Waals surface area contributed by atoms with Gasteiger partial charge in [0.2, 0.25) is 0 Å². The summed E-state index contributed by atoms with van der Waals surface area (Å²) in [5.74, 6) is 0. The lowest BCUT2D eigenvalue weighted by molar-refractivity contribution is 0.401. The zero-order valence-electron chi connectivity index (χ0n) is 7.16. The number of aromatic nitrogens is 1. The van der Waals surface area contributed by atoms with Crippen LogP contribution in [0, 0.1) is 6.42 Å². The normalized spacial score (nSPS) is 10.9. The smallest absolute Gasteiger partial charge is 0.107 e. The molecule has 0 fully saturated rings. The van der Waals surface area contributed by atoms with Gasteiger partial charge in [-0.3, -0.25) is 0 Å². The van der Waals surface area contributed by atoms with Crippen molar-refractivity contribution in [2.45, 2.75) is 13.5 Å². The van der Waals surface area contributed by atoms with Gasteiger partial charge in [-0.05, 0) is 14.1 Å². The Balaban J connectivity index is 2.58. The first-order chi connectivity index (χ1) is 5.22. The Bertz CT molecular complexity index is 218. The van der Waals surface area contributed by atoms with Crippen LogP contribution in [0.3, 0.4) is 0 Å². The zero-order valence-corrected chi connectivity index (χ0v) is 7.98. The number of hydrogen-bond acceptors (Lipinski definition) is 3. The maximum atomic E-state index is 4.39. The van der Waals surface area contributed by atoms with E-state index in [-0.39, 0.29) is 0 Å². The van der Waals surface area contributed by atoms with Crippen molar-refractivity contribution in [1.82, 2.24) is 9.88 Å². The van der Waals surface area contributed by atoms with Crippen LogP contribution in [0.4, 0.5) is 0 Å². The second-order valence-electron chi connectivity index (χ2n) is 2.69. The molecule has 1 rings (SSSR count). The van der Waals surface area contributed by atoms with Crippen LogP contribution in [0.5, 0.6) is 0 Å². The fourth-order valence-electron chi connectivity index (χ4n) is 0.801. The predicted octanol–water partition coefficient (Wildman–Crippen LogP) is 1.78. The van der Waals surface area contributed by atoms with Gasteiger partial charge in [-0.2, -0.15) is 0 Å². The van der Waals surface area contributed by atoms with Crippen LogP contribution < -0.4 is 0 Å². The Morgan fingerprint density at radius 2 is 2.36 bits per heavy atom. The lowest BCUT2D eigenvalue weighted by Crippen LogP contribution is -2.10.